The van der Waals surface area contributed by atoms with Gasteiger partial charge in [0.2, 0.25) is 15.9 Å². The summed E-state index contributed by atoms with van der Waals surface area (Å²) in [5, 5.41) is 3.90. The Bertz CT molecular complexity index is 1300. The SMILES string of the molecule is Cc1ccccc1[C@@H](NC(=O)[C@H]1CCCN(S(=O)(=O)Cc2ccc(Cl)c(Cl)c2)C1)c1ccccc1. The molecule has 1 amide bonds. The second kappa shape index (κ2) is 11.1. The molecule has 0 aliphatic carbocycles. The van der Waals surface area contributed by atoms with E-state index in [-0.39, 0.29) is 24.2 Å². The minimum absolute atomic E-state index is 0.142. The number of carbonyl (C=O) groups is 1. The number of sulfonamides is 1. The molecule has 8 heteroatoms. The first-order chi connectivity index (χ1) is 16.7. The summed E-state index contributed by atoms with van der Waals surface area (Å²) in [5.41, 5.74) is 3.65. The number of benzene rings is 3. The molecule has 0 unspecified atom stereocenters. The summed E-state index contributed by atoms with van der Waals surface area (Å²) in [5.74, 6) is -0.757. The zero-order chi connectivity index (χ0) is 25.0. The van der Waals surface area contributed by atoms with Gasteiger partial charge in [-0.15, -0.1) is 0 Å². The van der Waals surface area contributed by atoms with E-state index in [1.54, 1.807) is 18.2 Å². The average molecular weight is 532 g/mol. The number of rotatable bonds is 7. The smallest absolute Gasteiger partial charge is 0.225 e. The van der Waals surface area contributed by atoms with E-state index >= 15 is 0 Å². The first-order valence-electron chi connectivity index (χ1n) is 11.6. The van der Waals surface area contributed by atoms with Gasteiger partial charge in [-0.05, 0) is 54.2 Å². The van der Waals surface area contributed by atoms with Crippen LogP contribution in [0.15, 0.2) is 72.8 Å². The Morgan fingerprint density at radius 2 is 1.74 bits per heavy atom. The maximum atomic E-state index is 13.4. The third-order valence-corrected chi connectivity index (χ3v) is 8.96. The first kappa shape index (κ1) is 25.7. The van der Waals surface area contributed by atoms with Crippen molar-refractivity contribution in [3.63, 3.8) is 0 Å². The topological polar surface area (TPSA) is 66.5 Å². The van der Waals surface area contributed by atoms with Crippen LogP contribution in [-0.4, -0.2) is 31.7 Å². The van der Waals surface area contributed by atoms with Gasteiger partial charge in [0.15, 0.2) is 0 Å². The van der Waals surface area contributed by atoms with Gasteiger partial charge in [0.25, 0.3) is 0 Å². The van der Waals surface area contributed by atoms with Crippen LogP contribution in [-0.2, 0) is 20.6 Å². The van der Waals surface area contributed by atoms with E-state index in [4.69, 9.17) is 23.2 Å². The molecule has 35 heavy (non-hydrogen) atoms. The van der Waals surface area contributed by atoms with Gasteiger partial charge in [0.05, 0.1) is 27.8 Å². The predicted octanol–water partition coefficient (Wildman–Crippen LogP) is 5.75. The van der Waals surface area contributed by atoms with Gasteiger partial charge in [-0.3, -0.25) is 4.79 Å². The Balaban J connectivity index is 1.50. The highest BCUT2D eigenvalue weighted by atomic mass is 35.5. The van der Waals surface area contributed by atoms with Gasteiger partial charge in [-0.25, -0.2) is 12.7 Å². The lowest BCUT2D eigenvalue weighted by Crippen LogP contribution is -2.46. The highest BCUT2D eigenvalue weighted by Crippen LogP contribution is 2.28. The fourth-order valence-corrected chi connectivity index (χ4v) is 6.42. The van der Waals surface area contributed by atoms with E-state index in [0.29, 0.717) is 35.0 Å². The Morgan fingerprint density at radius 1 is 1.03 bits per heavy atom. The minimum atomic E-state index is -3.62. The quantitative estimate of drug-likeness (QED) is 0.422. The molecule has 1 saturated heterocycles. The van der Waals surface area contributed by atoms with Gasteiger partial charge in [0.1, 0.15) is 0 Å². The van der Waals surface area contributed by atoms with Crippen molar-refractivity contribution in [2.75, 3.05) is 13.1 Å². The lowest BCUT2D eigenvalue weighted by Gasteiger charge is -2.32. The third-order valence-electron chi connectivity index (χ3n) is 6.40. The van der Waals surface area contributed by atoms with Gasteiger partial charge in [-0.1, -0.05) is 83.9 Å². The van der Waals surface area contributed by atoms with E-state index in [2.05, 4.69) is 5.32 Å². The molecular weight excluding hydrogens is 503 g/mol. The number of nitrogens with zero attached hydrogens (tertiary/aromatic N) is 1. The molecule has 0 radical (unpaired) electrons. The Kier molecular flexibility index (Phi) is 8.17. The number of hydrogen-bond donors (Lipinski definition) is 1. The zero-order valence-electron chi connectivity index (χ0n) is 19.5. The van der Waals surface area contributed by atoms with Crippen LogP contribution in [0, 0.1) is 12.8 Å². The number of amides is 1. The number of hydrogen-bond acceptors (Lipinski definition) is 3. The Labute approximate surface area is 217 Å². The fraction of sp³-hybridized carbons (Fsp3) is 0.296. The number of halogens is 2. The Hall–Kier alpha value is -2.38. The average Bonchev–Trinajstić information content (AvgIpc) is 2.86. The number of piperidine rings is 1. The minimum Gasteiger partial charge on any atom is -0.345 e. The number of aryl methyl sites for hydroxylation is 1. The molecule has 2 atom stereocenters. The molecule has 1 fully saturated rings. The summed E-state index contributed by atoms with van der Waals surface area (Å²) in [6, 6.07) is 22.3. The summed E-state index contributed by atoms with van der Waals surface area (Å²) in [6.45, 7) is 2.58. The molecule has 0 saturated carbocycles. The molecule has 1 N–H and O–H groups in total. The number of nitrogens with one attached hydrogen (secondary N) is 1. The van der Waals surface area contributed by atoms with Crippen LogP contribution in [0.5, 0.6) is 0 Å². The largest absolute Gasteiger partial charge is 0.345 e. The second-order valence-electron chi connectivity index (χ2n) is 8.91. The first-order valence-corrected chi connectivity index (χ1v) is 13.9. The van der Waals surface area contributed by atoms with Gasteiger partial charge in [0, 0.05) is 13.1 Å². The van der Waals surface area contributed by atoms with E-state index in [1.807, 2.05) is 61.5 Å². The highest BCUT2D eigenvalue weighted by Gasteiger charge is 2.33. The van der Waals surface area contributed by atoms with Gasteiger partial charge < -0.3 is 5.32 Å². The zero-order valence-corrected chi connectivity index (χ0v) is 21.8. The molecule has 0 spiro atoms. The molecule has 4 rings (SSSR count). The van der Waals surface area contributed by atoms with Crippen molar-refractivity contribution in [3.8, 4) is 0 Å². The summed E-state index contributed by atoms with van der Waals surface area (Å²) in [7, 11) is -3.62. The van der Waals surface area contributed by atoms with Crippen molar-refractivity contribution < 1.29 is 13.2 Å². The third kappa shape index (κ3) is 6.25. The predicted molar refractivity (Wildman–Crippen MR) is 141 cm³/mol. The molecule has 1 aliphatic rings. The van der Waals surface area contributed by atoms with E-state index in [9.17, 15) is 13.2 Å². The highest BCUT2D eigenvalue weighted by molar-refractivity contribution is 7.88. The lowest BCUT2D eigenvalue weighted by molar-refractivity contribution is -0.126. The standard InChI is InChI=1S/C27H28Cl2N2O3S/c1-19-8-5-6-12-23(19)26(21-9-3-2-4-10-21)30-27(32)22-11-7-15-31(17-22)35(33,34)18-20-13-14-24(28)25(29)16-20/h2-6,8-10,12-14,16,22,26H,7,11,15,17-18H2,1H3,(H,30,32)/t22-,26-/m0/s1. The lowest BCUT2D eigenvalue weighted by atomic mass is 9.93. The number of carbonyl (C=O) groups excluding carboxylic acids is 1. The summed E-state index contributed by atoms with van der Waals surface area (Å²) < 4.78 is 27.7. The van der Waals surface area contributed by atoms with Crippen LogP contribution in [0.4, 0.5) is 0 Å². The van der Waals surface area contributed by atoms with Crippen molar-refractivity contribution in [2.24, 2.45) is 5.92 Å². The van der Waals surface area contributed by atoms with Crippen LogP contribution in [0.3, 0.4) is 0 Å². The molecule has 0 aromatic heterocycles. The van der Waals surface area contributed by atoms with Crippen LogP contribution < -0.4 is 5.32 Å². The van der Waals surface area contributed by atoms with Crippen molar-refractivity contribution in [1.29, 1.82) is 0 Å². The van der Waals surface area contributed by atoms with Crippen molar-refractivity contribution in [1.82, 2.24) is 9.62 Å². The van der Waals surface area contributed by atoms with Crippen LogP contribution in [0.25, 0.3) is 0 Å². The van der Waals surface area contributed by atoms with E-state index in [1.165, 1.54) is 4.31 Å². The second-order valence-corrected chi connectivity index (χ2v) is 11.7. The van der Waals surface area contributed by atoms with Crippen LogP contribution in [0.2, 0.25) is 10.0 Å². The molecule has 0 bridgehead atoms. The molecule has 1 heterocycles. The summed E-state index contributed by atoms with van der Waals surface area (Å²) >= 11 is 12.0. The molecule has 5 nitrogen and oxygen atoms in total. The van der Waals surface area contributed by atoms with Crippen LogP contribution >= 0.6 is 23.2 Å². The maximum absolute atomic E-state index is 13.4. The monoisotopic (exact) mass is 530 g/mol. The molecule has 1 aliphatic heterocycles. The van der Waals surface area contributed by atoms with Crippen molar-refractivity contribution in [2.45, 2.75) is 31.6 Å². The normalized spacial score (nSPS) is 17.6. The molecule has 3 aromatic carbocycles. The van der Waals surface area contributed by atoms with Gasteiger partial charge in [-0.2, -0.15) is 0 Å². The van der Waals surface area contributed by atoms with Crippen LogP contribution in [0.1, 0.15) is 41.1 Å². The van der Waals surface area contributed by atoms with Gasteiger partial charge >= 0.3 is 0 Å². The summed E-state index contributed by atoms with van der Waals surface area (Å²) in [4.78, 5) is 13.4. The Morgan fingerprint density at radius 3 is 2.46 bits per heavy atom. The van der Waals surface area contributed by atoms with Crippen molar-refractivity contribution >= 4 is 39.1 Å². The van der Waals surface area contributed by atoms with E-state index in [0.717, 1.165) is 16.7 Å². The molecule has 184 valence electrons. The van der Waals surface area contributed by atoms with Crippen molar-refractivity contribution in [3.05, 3.63) is 105 Å². The fourth-order valence-electron chi connectivity index (χ4n) is 4.50. The summed E-state index contributed by atoms with van der Waals surface area (Å²) in [6.07, 6.45) is 1.26. The molecule has 3 aromatic rings. The maximum Gasteiger partial charge on any atom is 0.225 e. The molecular formula is C27H28Cl2N2O3S. The van der Waals surface area contributed by atoms with E-state index < -0.39 is 15.9 Å².